The van der Waals surface area contributed by atoms with Gasteiger partial charge in [0.05, 0.1) is 11.4 Å². The number of rotatable bonds is 1. The summed E-state index contributed by atoms with van der Waals surface area (Å²) in [6, 6.07) is 5.39. The van der Waals surface area contributed by atoms with Crippen LogP contribution < -0.4 is 0 Å². The van der Waals surface area contributed by atoms with Crippen molar-refractivity contribution >= 4 is 39.2 Å². The molecule has 0 N–H and O–H groups in total. The number of carbonyl (C=O) groups excluding carboxylic acids is 1. The van der Waals surface area contributed by atoms with Crippen molar-refractivity contribution in [2.24, 2.45) is 5.16 Å². The molecule has 0 aliphatic carbocycles. The van der Waals surface area contributed by atoms with Crippen LogP contribution in [0.15, 0.2) is 27.8 Å². The van der Waals surface area contributed by atoms with Crippen molar-refractivity contribution in [3.63, 3.8) is 0 Å². The zero-order valence-corrected chi connectivity index (χ0v) is 9.30. The maximum absolute atomic E-state index is 10.8. The van der Waals surface area contributed by atoms with E-state index >= 15 is 0 Å². The summed E-state index contributed by atoms with van der Waals surface area (Å²) in [4.78, 5) is 15.3. The van der Waals surface area contributed by atoms with Crippen LogP contribution in [0.5, 0.6) is 0 Å². The number of hydrogen-bond donors (Lipinski definition) is 0. The van der Waals surface area contributed by atoms with Crippen LogP contribution in [0, 0.1) is 0 Å². The minimum atomic E-state index is -0.348. The van der Waals surface area contributed by atoms with E-state index in [4.69, 9.17) is 11.6 Å². The second-order valence-corrected chi connectivity index (χ2v) is 4.13. The molecule has 1 aliphatic rings. The van der Waals surface area contributed by atoms with E-state index in [-0.39, 0.29) is 12.4 Å². The van der Waals surface area contributed by atoms with Gasteiger partial charge < -0.3 is 4.84 Å². The molecule has 0 amide bonds. The number of benzene rings is 1. The van der Waals surface area contributed by atoms with Crippen molar-refractivity contribution < 1.29 is 9.63 Å². The van der Waals surface area contributed by atoms with Gasteiger partial charge in [-0.1, -0.05) is 38.8 Å². The van der Waals surface area contributed by atoms with Gasteiger partial charge >= 0.3 is 5.97 Å². The fourth-order valence-electron chi connectivity index (χ4n) is 1.18. The second-order valence-electron chi connectivity index (χ2n) is 2.80. The summed E-state index contributed by atoms with van der Waals surface area (Å²) in [5.41, 5.74) is 1.31. The SMILES string of the molecule is O=C1CC(c2ccc(Br)cc2Cl)=NO1. The standard InChI is InChI=1S/C9H5BrClNO2/c10-5-1-2-6(7(11)3-5)8-4-9(13)14-12-8/h1-3H,4H2. The molecule has 2 rings (SSSR count). The van der Waals surface area contributed by atoms with E-state index in [0.29, 0.717) is 10.7 Å². The molecule has 0 fully saturated rings. The summed E-state index contributed by atoms with van der Waals surface area (Å²) < 4.78 is 0.886. The largest absolute Gasteiger partial charge is 0.341 e. The third kappa shape index (κ3) is 1.81. The van der Waals surface area contributed by atoms with Crippen molar-refractivity contribution in [3.8, 4) is 0 Å². The molecular weight excluding hydrogens is 269 g/mol. The molecular formula is C9H5BrClNO2. The first-order chi connectivity index (χ1) is 6.66. The molecule has 5 heteroatoms. The Hall–Kier alpha value is -0.870. The lowest BCUT2D eigenvalue weighted by molar-refractivity contribution is -0.140. The predicted octanol–water partition coefficient (Wildman–Crippen LogP) is 2.75. The molecule has 0 spiro atoms. The Morgan fingerprint density at radius 1 is 1.50 bits per heavy atom. The summed E-state index contributed by atoms with van der Waals surface area (Å²) >= 11 is 9.27. The number of nitrogens with zero attached hydrogens (tertiary/aromatic N) is 1. The van der Waals surface area contributed by atoms with E-state index in [2.05, 4.69) is 25.9 Å². The Bertz CT molecular complexity index is 431. The summed E-state index contributed by atoms with van der Waals surface area (Å²) in [7, 11) is 0. The number of hydrogen-bond acceptors (Lipinski definition) is 3. The Morgan fingerprint density at radius 3 is 2.86 bits per heavy atom. The first-order valence-electron chi connectivity index (χ1n) is 3.89. The molecule has 1 aromatic rings. The van der Waals surface area contributed by atoms with Gasteiger partial charge in [0.25, 0.3) is 0 Å². The quantitative estimate of drug-likeness (QED) is 0.739. The molecule has 1 aliphatic heterocycles. The summed E-state index contributed by atoms with van der Waals surface area (Å²) in [5.74, 6) is -0.348. The van der Waals surface area contributed by atoms with E-state index in [0.717, 1.165) is 10.0 Å². The van der Waals surface area contributed by atoms with Gasteiger partial charge in [0.1, 0.15) is 5.71 Å². The van der Waals surface area contributed by atoms with Crippen molar-refractivity contribution in [3.05, 3.63) is 33.3 Å². The van der Waals surface area contributed by atoms with Crippen LogP contribution in [0.25, 0.3) is 0 Å². The number of carbonyl (C=O) groups is 1. The van der Waals surface area contributed by atoms with Crippen LogP contribution >= 0.6 is 27.5 Å². The molecule has 0 unspecified atom stereocenters. The normalized spacial score (nSPS) is 15.3. The van der Waals surface area contributed by atoms with Gasteiger partial charge in [-0.2, -0.15) is 0 Å². The maximum Gasteiger partial charge on any atom is 0.341 e. The summed E-state index contributed by atoms with van der Waals surface area (Å²) in [5, 5.41) is 4.20. The molecule has 14 heavy (non-hydrogen) atoms. The van der Waals surface area contributed by atoms with E-state index < -0.39 is 0 Å². The van der Waals surface area contributed by atoms with Crippen molar-refractivity contribution in [1.29, 1.82) is 0 Å². The Balaban J connectivity index is 2.38. The molecule has 0 bridgehead atoms. The molecule has 0 radical (unpaired) electrons. The number of halogens is 2. The molecule has 0 atom stereocenters. The fourth-order valence-corrected chi connectivity index (χ4v) is 1.96. The third-order valence-corrected chi connectivity index (χ3v) is 2.62. The topological polar surface area (TPSA) is 38.7 Å². The lowest BCUT2D eigenvalue weighted by Gasteiger charge is -2.01. The van der Waals surface area contributed by atoms with E-state index in [9.17, 15) is 4.79 Å². The zero-order chi connectivity index (χ0) is 10.1. The van der Waals surface area contributed by atoms with Crippen LogP contribution in [-0.4, -0.2) is 11.7 Å². The predicted molar refractivity (Wildman–Crippen MR) is 56.4 cm³/mol. The molecule has 0 saturated heterocycles. The van der Waals surface area contributed by atoms with Crippen molar-refractivity contribution in [2.45, 2.75) is 6.42 Å². The lowest BCUT2D eigenvalue weighted by Crippen LogP contribution is -2.01. The highest BCUT2D eigenvalue weighted by atomic mass is 79.9. The monoisotopic (exact) mass is 273 g/mol. The van der Waals surface area contributed by atoms with Gasteiger partial charge in [0, 0.05) is 10.0 Å². The summed E-state index contributed by atoms with van der Waals surface area (Å²) in [6.45, 7) is 0. The Labute approximate surface area is 93.8 Å². The van der Waals surface area contributed by atoms with E-state index in [1.807, 2.05) is 6.07 Å². The van der Waals surface area contributed by atoms with Gasteiger partial charge in [-0.25, -0.2) is 4.79 Å². The first kappa shape index (κ1) is 9.68. The van der Waals surface area contributed by atoms with Crippen LogP contribution in [0.2, 0.25) is 5.02 Å². The van der Waals surface area contributed by atoms with E-state index in [1.165, 1.54) is 0 Å². The van der Waals surface area contributed by atoms with Crippen LogP contribution in [0.1, 0.15) is 12.0 Å². The Morgan fingerprint density at radius 2 is 2.29 bits per heavy atom. The van der Waals surface area contributed by atoms with E-state index in [1.54, 1.807) is 12.1 Å². The van der Waals surface area contributed by atoms with Crippen molar-refractivity contribution in [1.82, 2.24) is 0 Å². The highest BCUT2D eigenvalue weighted by Crippen LogP contribution is 2.24. The highest BCUT2D eigenvalue weighted by Gasteiger charge is 2.20. The maximum atomic E-state index is 10.8. The van der Waals surface area contributed by atoms with Gasteiger partial charge in [-0.3, -0.25) is 0 Å². The average Bonchev–Trinajstić information content (AvgIpc) is 2.51. The van der Waals surface area contributed by atoms with Crippen molar-refractivity contribution in [2.75, 3.05) is 0 Å². The minimum absolute atomic E-state index is 0.182. The zero-order valence-electron chi connectivity index (χ0n) is 6.96. The second kappa shape index (κ2) is 3.71. The fraction of sp³-hybridized carbons (Fsp3) is 0.111. The molecule has 0 saturated carbocycles. The van der Waals surface area contributed by atoms with Gasteiger partial charge in [0.2, 0.25) is 0 Å². The lowest BCUT2D eigenvalue weighted by atomic mass is 10.1. The van der Waals surface area contributed by atoms with Gasteiger partial charge in [-0.15, -0.1) is 0 Å². The van der Waals surface area contributed by atoms with Gasteiger partial charge in [-0.05, 0) is 12.1 Å². The van der Waals surface area contributed by atoms with Gasteiger partial charge in [0.15, 0.2) is 0 Å². The van der Waals surface area contributed by atoms with Crippen LogP contribution in [0.4, 0.5) is 0 Å². The molecule has 1 aromatic carbocycles. The highest BCUT2D eigenvalue weighted by molar-refractivity contribution is 9.10. The molecule has 72 valence electrons. The molecule has 3 nitrogen and oxygen atoms in total. The number of oxime groups is 1. The average molecular weight is 275 g/mol. The molecule has 1 heterocycles. The smallest absolute Gasteiger partial charge is 0.318 e. The first-order valence-corrected chi connectivity index (χ1v) is 5.06. The molecule has 0 aromatic heterocycles. The Kier molecular flexibility index (Phi) is 2.56. The van der Waals surface area contributed by atoms with Crippen LogP contribution in [0.3, 0.4) is 0 Å². The minimum Gasteiger partial charge on any atom is -0.318 e. The summed E-state index contributed by atoms with van der Waals surface area (Å²) in [6.07, 6.45) is 0.182. The third-order valence-electron chi connectivity index (χ3n) is 1.81. The van der Waals surface area contributed by atoms with Crippen LogP contribution in [-0.2, 0) is 9.63 Å².